The molecule has 15 heavy (non-hydrogen) atoms. The molecule has 0 aliphatic rings. The maximum atomic E-state index is 8.62. The van der Waals surface area contributed by atoms with Crippen LogP contribution in [0.3, 0.4) is 0 Å². The van der Waals surface area contributed by atoms with E-state index in [0.717, 1.165) is 11.3 Å². The molecule has 1 N–H and O–H groups in total. The molecular weight excluding hydrogens is 188 g/mol. The Morgan fingerprint density at radius 1 is 1.20 bits per heavy atom. The minimum absolute atomic E-state index is 0.0697. The summed E-state index contributed by atoms with van der Waals surface area (Å²) in [6, 6.07) is 7.80. The van der Waals surface area contributed by atoms with Crippen molar-refractivity contribution in [2.24, 2.45) is 0 Å². The van der Waals surface area contributed by atoms with Crippen molar-refractivity contribution < 1.29 is 9.84 Å². The van der Waals surface area contributed by atoms with Crippen molar-refractivity contribution >= 4 is 6.08 Å². The van der Waals surface area contributed by atoms with E-state index in [0.29, 0.717) is 0 Å². The third-order valence-corrected chi connectivity index (χ3v) is 1.72. The van der Waals surface area contributed by atoms with E-state index in [1.165, 1.54) is 0 Å². The van der Waals surface area contributed by atoms with E-state index in [4.69, 9.17) is 9.84 Å². The Balaban J connectivity index is 2.68. The third kappa shape index (κ3) is 4.66. The Hall–Kier alpha value is -1.28. The van der Waals surface area contributed by atoms with Gasteiger partial charge in [-0.2, -0.15) is 0 Å². The first-order chi connectivity index (χ1) is 7.01. The van der Waals surface area contributed by atoms with Crippen LogP contribution in [-0.4, -0.2) is 17.3 Å². The fourth-order valence-corrected chi connectivity index (χ4v) is 1.19. The standard InChI is InChI=1S/C13H18O2/c1-13(2,3)15-12-8-6-11(7-9-12)5-4-10-14/h4-9,14H,10H2,1-3H3/b5-4-. The molecule has 1 aromatic carbocycles. The number of ether oxygens (including phenoxy) is 1. The van der Waals surface area contributed by atoms with Crippen LogP contribution in [0.4, 0.5) is 0 Å². The second kappa shape index (κ2) is 4.99. The second-order valence-electron chi connectivity index (χ2n) is 4.37. The Morgan fingerprint density at radius 3 is 2.27 bits per heavy atom. The Kier molecular flexibility index (Phi) is 3.92. The molecule has 0 radical (unpaired) electrons. The maximum absolute atomic E-state index is 8.62. The van der Waals surface area contributed by atoms with Crippen LogP contribution < -0.4 is 4.74 Å². The summed E-state index contributed by atoms with van der Waals surface area (Å²) in [6.07, 6.45) is 3.58. The Bertz CT molecular complexity index is 317. The molecule has 82 valence electrons. The molecule has 0 fully saturated rings. The number of aliphatic hydroxyl groups excluding tert-OH is 1. The lowest BCUT2D eigenvalue weighted by Crippen LogP contribution is -2.22. The molecule has 0 amide bonds. The molecule has 1 rings (SSSR count). The zero-order valence-electron chi connectivity index (χ0n) is 9.53. The number of hydrogen-bond donors (Lipinski definition) is 1. The van der Waals surface area contributed by atoms with Crippen molar-refractivity contribution in [2.75, 3.05) is 6.61 Å². The summed E-state index contributed by atoms with van der Waals surface area (Å²) in [7, 11) is 0. The Morgan fingerprint density at radius 2 is 1.80 bits per heavy atom. The fourth-order valence-electron chi connectivity index (χ4n) is 1.19. The minimum atomic E-state index is -0.164. The smallest absolute Gasteiger partial charge is 0.120 e. The molecular formula is C13H18O2. The average molecular weight is 206 g/mol. The van der Waals surface area contributed by atoms with Gasteiger partial charge < -0.3 is 9.84 Å². The topological polar surface area (TPSA) is 29.5 Å². The fraction of sp³-hybridized carbons (Fsp3) is 0.385. The molecule has 0 aliphatic carbocycles. The number of hydrogen-bond acceptors (Lipinski definition) is 2. The van der Waals surface area contributed by atoms with Gasteiger partial charge in [-0.15, -0.1) is 0 Å². The Labute approximate surface area is 91.2 Å². The van der Waals surface area contributed by atoms with E-state index >= 15 is 0 Å². The van der Waals surface area contributed by atoms with Gasteiger partial charge in [-0.3, -0.25) is 0 Å². The summed E-state index contributed by atoms with van der Waals surface area (Å²) in [5.74, 6) is 0.864. The predicted octanol–water partition coefficient (Wildman–Crippen LogP) is 2.87. The van der Waals surface area contributed by atoms with E-state index < -0.39 is 0 Å². The summed E-state index contributed by atoms with van der Waals surface area (Å²) in [5, 5.41) is 8.62. The number of aliphatic hydroxyl groups is 1. The van der Waals surface area contributed by atoms with Crippen molar-refractivity contribution in [3.8, 4) is 5.75 Å². The van der Waals surface area contributed by atoms with Crippen LogP contribution in [-0.2, 0) is 0 Å². The summed E-state index contributed by atoms with van der Waals surface area (Å²) in [4.78, 5) is 0. The zero-order chi connectivity index (χ0) is 11.3. The summed E-state index contributed by atoms with van der Waals surface area (Å²) >= 11 is 0. The molecule has 0 spiro atoms. The van der Waals surface area contributed by atoms with Gasteiger partial charge in [-0.25, -0.2) is 0 Å². The summed E-state index contributed by atoms with van der Waals surface area (Å²) in [5.41, 5.74) is 0.896. The van der Waals surface area contributed by atoms with Crippen molar-refractivity contribution in [1.29, 1.82) is 0 Å². The highest BCUT2D eigenvalue weighted by molar-refractivity contribution is 5.50. The average Bonchev–Trinajstić information content (AvgIpc) is 2.14. The second-order valence-corrected chi connectivity index (χ2v) is 4.37. The van der Waals surface area contributed by atoms with Crippen LogP contribution in [0.1, 0.15) is 26.3 Å². The third-order valence-electron chi connectivity index (χ3n) is 1.72. The highest BCUT2D eigenvalue weighted by Gasteiger charge is 2.10. The van der Waals surface area contributed by atoms with Crippen molar-refractivity contribution in [1.82, 2.24) is 0 Å². The zero-order valence-corrected chi connectivity index (χ0v) is 9.53. The number of benzene rings is 1. The molecule has 0 saturated carbocycles. The lowest BCUT2D eigenvalue weighted by molar-refractivity contribution is 0.131. The van der Waals surface area contributed by atoms with Gasteiger partial charge in [0.2, 0.25) is 0 Å². The molecule has 0 aliphatic heterocycles. The molecule has 2 heteroatoms. The molecule has 1 aromatic rings. The van der Waals surface area contributed by atoms with Crippen molar-refractivity contribution in [3.63, 3.8) is 0 Å². The lowest BCUT2D eigenvalue weighted by Gasteiger charge is -2.21. The summed E-state index contributed by atoms with van der Waals surface area (Å²) < 4.78 is 5.69. The van der Waals surface area contributed by atoms with Crippen LogP contribution in [0.2, 0.25) is 0 Å². The van der Waals surface area contributed by atoms with Crippen LogP contribution >= 0.6 is 0 Å². The van der Waals surface area contributed by atoms with E-state index in [1.54, 1.807) is 6.08 Å². The molecule has 0 unspecified atom stereocenters. The van der Waals surface area contributed by atoms with E-state index in [-0.39, 0.29) is 12.2 Å². The van der Waals surface area contributed by atoms with Gasteiger partial charge in [-0.05, 0) is 38.5 Å². The molecule has 0 atom stereocenters. The molecule has 0 saturated heterocycles. The van der Waals surface area contributed by atoms with Crippen LogP contribution in [0.15, 0.2) is 30.3 Å². The first kappa shape index (κ1) is 11.8. The van der Waals surface area contributed by atoms with Gasteiger partial charge in [0, 0.05) is 0 Å². The lowest BCUT2D eigenvalue weighted by atomic mass is 10.1. The van der Waals surface area contributed by atoms with Gasteiger partial charge in [0.25, 0.3) is 0 Å². The van der Waals surface area contributed by atoms with Crippen LogP contribution in [0.5, 0.6) is 5.75 Å². The van der Waals surface area contributed by atoms with Crippen LogP contribution in [0.25, 0.3) is 6.08 Å². The monoisotopic (exact) mass is 206 g/mol. The largest absolute Gasteiger partial charge is 0.488 e. The molecule has 0 aromatic heterocycles. The summed E-state index contributed by atoms with van der Waals surface area (Å²) in [6.45, 7) is 6.13. The van der Waals surface area contributed by atoms with Gasteiger partial charge in [-0.1, -0.05) is 24.3 Å². The van der Waals surface area contributed by atoms with Gasteiger partial charge in [0.1, 0.15) is 11.4 Å². The highest BCUT2D eigenvalue weighted by atomic mass is 16.5. The van der Waals surface area contributed by atoms with Crippen molar-refractivity contribution in [2.45, 2.75) is 26.4 Å². The van der Waals surface area contributed by atoms with E-state index in [9.17, 15) is 0 Å². The SMILES string of the molecule is CC(C)(C)Oc1ccc(/C=C\CO)cc1. The quantitative estimate of drug-likeness (QED) is 0.824. The predicted molar refractivity (Wildman–Crippen MR) is 62.9 cm³/mol. The number of rotatable bonds is 3. The first-order valence-electron chi connectivity index (χ1n) is 5.08. The maximum Gasteiger partial charge on any atom is 0.120 e. The van der Waals surface area contributed by atoms with Gasteiger partial charge >= 0.3 is 0 Å². The van der Waals surface area contributed by atoms with Crippen molar-refractivity contribution in [3.05, 3.63) is 35.9 Å². The van der Waals surface area contributed by atoms with Crippen LogP contribution in [0, 0.1) is 0 Å². The van der Waals surface area contributed by atoms with E-state index in [2.05, 4.69) is 0 Å². The van der Waals surface area contributed by atoms with Gasteiger partial charge in [0.05, 0.1) is 6.61 Å². The molecule has 0 bridgehead atoms. The normalized spacial score (nSPS) is 12.0. The minimum Gasteiger partial charge on any atom is -0.488 e. The first-order valence-corrected chi connectivity index (χ1v) is 5.08. The molecule has 2 nitrogen and oxygen atoms in total. The van der Waals surface area contributed by atoms with Gasteiger partial charge in [0.15, 0.2) is 0 Å². The molecule has 0 heterocycles. The van der Waals surface area contributed by atoms with E-state index in [1.807, 2.05) is 51.1 Å². The highest BCUT2D eigenvalue weighted by Crippen LogP contribution is 2.18.